The fourth-order valence-corrected chi connectivity index (χ4v) is 1.56. The number of carbonyl (C=O) groups is 1. The lowest BCUT2D eigenvalue weighted by Gasteiger charge is -2.06. The number of rotatable bonds is 3. The van der Waals surface area contributed by atoms with Gasteiger partial charge in [0.2, 0.25) is 0 Å². The standard InChI is InChI=1S/C11H11ClFNO/c12-6-7-2-1-3-9(10(7)13)11(15)14-8-4-5-8/h1-3,8H,4-6H2,(H,14,15). The van der Waals surface area contributed by atoms with Gasteiger partial charge >= 0.3 is 0 Å². The van der Waals surface area contributed by atoms with Crippen LogP contribution in [0.15, 0.2) is 18.2 Å². The Balaban J connectivity index is 2.22. The molecule has 2 rings (SSSR count). The summed E-state index contributed by atoms with van der Waals surface area (Å²) in [6, 6.07) is 4.93. The molecule has 1 aliphatic rings. The molecule has 0 saturated heterocycles. The maximum atomic E-state index is 13.6. The van der Waals surface area contributed by atoms with Gasteiger partial charge in [0.05, 0.1) is 11.4 Å². The van der Waals surface area contributed by atoms with Gasteiger partial charge in [0.1, 0.15) is 5.82 Å². The molecule has 0 spiro atoms. The van der Waals surface area contributed by atoms with E-state index in [1.165, 1.54) is 6.07 Å². The lowest BCUT2D eigenvalue weighted by molar-refractivity contribution is 0.0947. The van der Waals surface area contributed by atoms with E-state index < -0.39 is 5.82 Å². The zero-order valence-electron chi connectivity index (χ0n) is 8.09. The molecule has 1 saturated carbocycles. The molecule has 1 amide bonds. The quantitative estimate of drug-likeness (QED) is 0.790. The van der Waals surface area contributed by atoms with E-state index in [2.05, 4.69) is 5.32 Å². The van der Waals surface area contributed by atoms with Crippen LogP contribution in [0.25, 0.3) is 0 Å². The Morgan fingerprint density at radius 1 is 1.53 bits per heavy atom. The minimum absolute atomic E-state index is 0.0797. The molecule has 0 heterocycles. The first-order chi connectivity index (χ1) is 7.22. The second-order valence-corrected chi connectivity index (χ2v) is 3.93. The van der Waals surface area contributed by atoms with Crippen molar-refractivity contribution in [2.24, 2.45) is 0 Å². The predicted octanol–water partition coefficient (Wildman–Crippen LogP) is 2.46. The number of halogens is 2. The molecule has 15 heavy (non-hydrogen) atoms. The maximum Gasteiger partial charge on any atom is 0.254 e. The summed E-state index contributed by atoms with van der Waals surface area (Å²) in [5, 5.41) is 2.74. The summed E-state index contributed by atoms with van der Waals surface area (Å²) in [5.41, 5.74) is 0.445. The normalized spacial score (nSPS) is 15.1. The average Bonchev–Trinajstić information content (AvgIpc) is 3.02. The molecule has 1 aromatic carbocycles. The third kappa shape index (κ3) is 2.29. The molecular weight excluding hydrogens is 217 g/mol. The van der Waals surface area contributed by atoms with E-state index in [1.54, 1.807) is 12.1 Å². The second-order valence-electron chi connectivity index (χ2n) is 3.66. The van der Waals surface area contributed by atoms with Gasteiger partial charge in [-0.2, -0.15) is 0 Å². The van der Waals surface area contributed by atoms with Gasteiger partial charge in [0.25, 0.3) is 5.91 Å². The number of benzene rings is 1. The Bertz CT molecular complexity index is 390. The smallest absolute Gasteiger partial charge is 0.254 e. The van der Waals surface area contributed by atoms with E-state index in [0.29, 0.717) is 5.56 Å². The number of hydrogen-bond acceptors (Lipinski definition) is 1. The number of alkyl halides is 1. The third-order valence-electron chi connectivity index (χ3n) is 2.38. The molecule has 0 unspecified atom stereocenters. The lowest BCUT2D eigenvalue weighted by atomic mass is 10.1. The molecule has 2 nitrogen and oxygen atoms in total. The second kappa shape index (κ2) is 4.19. The van der Waals surface area contributed by atoms with E-state index in [9.17, 15) is 9.18 Å². The highest BCUT2D eigenvalue weighted by Crippen LogP contribution is 2.21. The largest absolute Gasteiger partial charge is 0.349 e. The summed E-state index contributed by atoms with van der Waals surface area (Å²) < 4.78 is 13.6. The molecule has 1 aromatic rings. The van der Waals surface area contributed by atoms with Gasteiger partial charge in [-0.25, -0.2) is 4.39 Å². The number of amides is 1. The van der Waals surface area contributed by atoms with Crippen molar-refractivity contribution in [2.75, 3.05) is 0 Å². The summed E-state index contributed by atoms with van der Waals surface area (Å²) in [7, 11) is 0. The van der Waals surface area contributed by atoms with E-state index >= 15 is 0 Å². The summed E-state index contributed by atoms with van der Waals surface area (Å²) in [5.74, 6) is -0.774. The molecule has 0 atom stereocenters. The molecular formula is C11H11ClFNO. The molecule has 0 aromatic heterocycles. The van der Waals surface area contributed by atoms with Crippen LogP contribution < -0.4 is 5.32 Å². The number of carbonyl (C=O) groups excluding carboxylic acids is 1. The molecule has 80 valence electrons. The van der Waals surface area contributed by atoms with Crippen molar-refractivity contribution in [1.82, 2.24) is 5.32 Å². The number of hydrogen-bond donors (Lipinski definition) is 1. The maximum absolute atomic E-state index is 13.6. The van der Waals surface area contributed by atoms with Crippen LogP contribution in [0.5, 0.6) is 0 Å². The fourth-order valence-electron chi connectivity index (χ4n) is 1.35. The van der Waals surface area contributed by atoms with Crippen molar-refractivity contribution in [3.8, 4) is 0 Å². The Labute approximate surface area is 92.4 Å². The summed E-state index contributed by atoms with van der Waals surface area (Å²) in [6.45, 7) is 0. The van der Waals surface area contributed by atoms with Gasteiger partial charge in [0, 0.05) is 11.6 Å². The van der Waals surface area contributed by atoms with Gasteiger partial charge in [-0.15, -0.1) is 11.6 Å². The fraction of sp³-hybridized carbons (Fsp3) is 0.364. The molecule has 1 aliphatic carbocycles. The molecule has 1 fully saturated rings. The van der Waals surface area contributed by atoms with Gasteiger partial charge in [-0.1, -0.05) is 12.1 Å². The monoisotopic (exact) mass is 227 g/mol. The topological polar surface area (TPSA) is 29.1 Å². The molecule has 0 bridgehead atoms. The molecule has 1 N–H and O–H groups in total. The SMILES string of the molecule is O=C(NC1CC1)c1cccc(CCl)c1F. The van der Waals surface area contributed by atoms with E-state index in [-0.39, 0.29) is 23.4 Å². The van der Waals surface area contributed by atoms with Crippen LogP contribution in [0.1, 0.15) is 28.8 Å². The summed E-state index contributed by atoms with van der Waals surface area (Å²) >= 11 is 5.56. The first-order valence-corrected chi connectivity index (χ1v) is 5.40. The summed E-state index contributed by atoms with van der Waals surface area (Å²) in [6.07, 6.45) is 1.98. The van der Waals surface area contributed by atoms with Crippen LogP contribution in [0.3, 0.4) is 0 Å². The summed E-state index contributed by atoms with van der Waals surface area (Å²) in [4.78, 5) is 11.6. The van der Waals surface area contributed by atoms with E-state index in [1.807, 2.05) is 0 Å². The number of nitrogens with one attached hydrogen (secondary N) is 1. The van der Waals surface area contributed by atoms with Crippen LogP contribution in [-0.4, -0.2) is 11.9 Å². The lowest BCUT2D eigenvalue weighted by Crippen LogP contribution is -2.26. The molecule has 0 radical (unpaired) electrons. The van der Waals surface area contributed by atoms with Crippen molar-refractivity contribution < 1.29 is 9.18 Å². The van der Waals surface area contributed by atoms with Crippen LogP contribution in [0.2, 0.25) is 0 Å². The van der Waals surface area contributed by atoms with E-state index in [0.717, 1.165) is 12.8 Å². The Hall–Kier alpha value is -1.09. The van der Waals surface area contributed by atoms with Crippen molar-refractivity contribution in [1.29, 1.82) is 0 Å². The average molecular weight is 228 g/mol. The van der Waals surface area contributed by atoms with Crippen LogP contribution in [0.4, 0.5) is 4.39 Å². The highest BCUT2D eigenvalue weighted by Gasteiger charge is 2.25. The predicted molar refractivity (Wildman–Crippen MR) is 56.4 cm³/mol. The zero-order valence-corrected chi connectivity index (χ0v) is 8.85. The van der Waals surface area contributed by atoms with Crippen molar-refractivity contribution in [3.05, 3.63) is 35.1 Å². The first kappa shape index (κ1) is 10.4. The minimum atomic E-state index is -0.509. The van der Waals surface area contributed by atoms with Crippen LogP contribution in [-0.2, 0) is 5.88 Å². The third-order valence-corrected chi connectivity index (χ3v) is 2.67. The molecule has 4 heteroatoms. The van der Waals surface area contributed by atoms with Gasteiger partial charge < -0.3 is 5.32 Å². The van der Waals surface area contributed by atoms with Crippen molar-refractivity contribution in [3.63, 3.8) is 0 Å². The van der Waals surface area contributed by atoms with Crippen LogP contribution in [0, 0.1) is 5.82 Å². The highest BCUT2D eigenvalue weighted by atomic mass is 35.5. The van der Waals surface area contributed by atoms with Gasteiger partial charge in [0.15, 0.2) is 0 Å². The zero-order chi connectivity index (χ0) is 10.8. The Kier molecular flexibility index (Phi) is 2.91. The molecule has 0 aliphatic heterocycles. The van der Waals surface area contributed by atoms with Gasteiger partial charge in [-0.05, 0) is 18.9 Å². The van der Waals surface area contributed by atoms with E-state index in [4.69, 9.17) is 11.6 Å². The van der Waals surface area contributed by atoms with Gasteiger partial charge in [-0.3, -0.25) is 4.79 Å². The Morgan fingerprint density at radius 3 is 2.87 bits per heavy atom. The van der Waals surface area contributed by atoms with Crippen LogP contribution >= 0.6 is 11.6 Å². The Morgan fingerprint density at radius 2 is 2.27 bits per heavy atom. The first-order valence-electron chi connectivity index (χ1n) is 4.86. The van der Waals surface area contributed by atoms with Crippen molar-refractivity contribution >= 4 is 17.5 Å². The minimum Gasteiger partial charge on any atom is -0.349 e. The highest BCUT2D eigenvalue weighted by molar-refractivity contribution is 6.17. The van der Waals surface area contributed by atoms with Crippen molar-refractivity contribution in [2.45, 2.75) is 24.8 Å².